The van der Waals surface area contributed by atoms with Crippen LogP contribution in [0, 0.1) is 0 Å². The third kappa shape index (κ3) is 35.6. The first-order chi connectivity index (χ1) is 22.8. The van der Waals surface area contributed by atoms with Gasteiger partial charge in [0.25, 0.3) is 0 Å². The maximum absolute atomic E-state index is 12.0. The van der Waals surface area contributed by atoms with E-state index in [1.807, 2.05) is 0 Å². The van der Waals surface area contributed by atoms with Crippen LogP contribution in [0.2, 0.25) is 0 Å². The maximum atomic E-state index is 12.0. The van der Waals surface area contributed by atoms with Crippen LogP contribution in [0.25, 0.3) is 0 Å². The smallest absolute Gasteiger partial charge is 0.463 e. The number of ether oxygens (including phenoxy) is 1. The number of esters is 1. The molecule has 0 aromatic heterocycles. The summed E-state index contributed by atoms with van der Waals surface area (Å²) in [5.74, 6) is -0.530. The molecule has 0 aliphatic heterocycles. The summed E-state index contributed by atoms with van der Waals surface area (Å²) in [6.45, 7) is 3.46. The largest absolute Gasteiger partial charge is 0.472 e. The van der Waals surface area contributed by atoms with Gasteiger partial charge in [-0.25, -0.2) is 4.57 Å². The fraction of sp³-hybridized carbons (Fsp3) is 0.838. The number of phosphoric ester groups is 1. The van der Waals surface area contributed by atoms with Crippen LogP contribution in [0.5, 0.6) is 0 Å². The van der Waals surface area contributed by atoms with Crippen LogP contribution >= 0.6 is 7.82 Å². The van der Waals surface area contributed by atoms with E-state index in [0.29, 0.717) is 6.42 Å². The van der Waals surface area contributed by atoms with Crippen molar-refractivity contribution in [3.8, 4) is 0 Å². The first kappa shape index (κ1) is 45.5. The van der Waals surface area contributed by atoms with E-state index in [0.717, 1.165) is 70.6 Å². The minimum atomic E-state index is -4.41. The predicted octanol–water partition coefficient (Wildman–Crippen LogP) is 9.65. The van der Waals surface area contributed by atoms with Crippen molar-refractivity contribution in [3.63, 3.8) is 0 Å². The van der Waals surface area contributed by atoms with E-state index >= 15 is 0 Å². The van der Waals surface area contributed by atoms with Crippen LogP contribution in [-0.4, -0.2) is 54.3 Å². The van der Waals surface area contributed by atoms with E-state index in [4.69, 9.17) is 13.8 Å². The number of amides is 1. The summed E-state index contributed by atoms with van der Waals surface area (Å²) in [4.78, 5) is 33.7. The summed E-state index contributed by atoms with van der Waals surface area (Å²) in [7, 11) is -4.41. The molecule has 0 saturated carbocycles. The van der Waals surface area contributed by atoms with E-state index in [9.17, 15) is 24.2 Å². The molecule has 0 aliphatic rings. The van der Waals surface area contributed by atoms with Crippen LogP contribution in [0.15, 0.2) is 24.3 Å². The summed E-state index contributed by atoms with van der Waals surface area (Å²) in [5, 5.41) is 12.6. The van der Waals surface area contributed by atoms with Crippen molar-refractivity contribution >= 4 is 19.7 Å². The van der Waals surface area contributed by atoms with E-state index in [1.54, 1.807) is 0 Å². The Bertz CT molecular complexity index is 835. The number of allylic oxidation sites excluding steroid dienone is 4. The van der Waals surface area contributed by atoms with Gasteiger partial charge in [0.15, 0.2) is 0 Å². The number of rotatable bonds is 35. The van der Waals surface area contributed by atoms with Gasteiger partial charge in [0, 0.05) is 19.4 Å². The minimum absolute atomic E-state index is 0.0828. The SMILES string of the molecule is CCC/C=C\C/C=C\CCCCCCCC(=O)OCC(O)COP(=O)(O)OCCNC(=O)CCCCCCCCCCCCCCC. The van der Waals surface area contributed by atoms with Gasteiger partial charge in [0.1, 0.15) is 12.7 Å². The van der Waals surface area contributed by atoms with Crippen LogP contribution in [0.1, 0.15) is 168 Å². The number of unbranched alkanes of at least 4 members (excludes halogenated alkanes) is 18. The van der Waals surface area contributed by atoms with Crippen molar-refractivity contribution in [1.29, 1.82) is 0 Å². The average molecular weight is 688 g/mol. The highest BCUT2D eigenvalue weighted by molar-refractivity contribution is 7.47. The lowest BCUT2D eigenvalue weighted by atomic mass is 10.0. The number of aliphatic hydroxyl groups excluding tert-OH is 1. The lowest BCUT2D eigenvalue weighted by Gasteiger charge is -2.15. The Morgan fingerprint density at radius 3 is 1.79 bits per heavy atom. The summed E-state index contributed by atoms with van der Waals surface area (Å²) in [5.41, 5.74) is 0. The van der Waals surface area contributed by atoms with Crippen molar-refractivity contribution in [1.82, 2.24) is 5.32 Å². The normalized spacial score (nSPS) is 13.7. The molecule has 0 spiro atoms. The molecule has 0 saturated heterocycles. The van der Waals surface area contributed by atoms with Gasteiger partial charge < -0.3 is 20.1 Å². The van der Waals surface area contributed by atoms with Crippen molar-refractivity contribution in [3.05, 3.63) is 24.3 Å². The van der Waals surface area contributed by atoms with Crippen molar-refractivity contribution < 1.29 is 37.9 Å². The molecule has 0 heterocycles. The summed E-state index contributed by atoms with van der Waals surface area (Å²) >= 11 is 0. The topological polar surface area (TPSA) is 131 Å². The molecule has 0 aliphatic carbocycles. The Hall–Kier alpha value is -1.51. The standard InChI is InChI=1S/C37H70NO8P/c1-3-5-7-9-11-13-15-17-19-21-23-25-27-29-36(40)38-31-32-45-47(42,43)46-34-35(39)33-44-37(41)30-28-26-24-22-20-18-16-14-12-10-8-6-4-2/h8,10,14,16,35,39H,3-7,9,11-13,15,17-34H2,1-2H3,(H,38,40)(H,42,43)/b10-8-,16-14-. The summed E-state index contributed by atoms with van der Waals surface area (Å²) in [6.07, 6.45) is 33.9. The predicted molar refractivity (Wildman–Crippen MR) is 192 cm³/mol. The second kappa shape index (κ2) is 34.4. The molecule has 1 amide bonds. The van der Waals surface area contributed by atoms with Crippen LogP contribution in [0.3, 0.4) is 0 Å². The molecule has 2 unspecified atom stereocenters. The molecular weight excluding hydrogens is 617 g/mol. The highest BCUT2D eigenvalue weighted by atomic mass is 31.2. The van der Waals surface area contributed by atoms with Crippen LogP contribution < -0.4 is 5.32 Å². The van der Waals surface area contributed by atoms with Crippen molar-refractivity contribution in [2.45, 2.75) is 174 Å². The van der Waals surface area contributed by atoms with Crippen molar-refractivity contribution in [2.75, 3.05) is 26.4 Å². The molecule has 0 bridgehead atoms. The summed E-state index contributed by atoms with van der Waals surface area (Å²) < 4.78 is 26.7. The summed E-state index contributed by atoms with van der Waals surface area (Å²) in [6, 6.07) is 0. The molecule has 276 valence electrons. The maximum Gasteiger partial charge on any atom is 0.472 e. The molecule has 0 rings (SSSR count). The quantitative estimate of drug-likeness (QED) is 0.0260. The first-order valence-corrected chi connectivity index (χ1v) is 20.3. The molecule has 47 heavy (non-hydrogen) atoms. The molecule has 0 aromatic rings. The van der Waals surface area contributed by atoms with E-state index in [-0.39, 0.29) is 32.1 Å². The van der Waals surface area contributed by atoms with Gasteiger partial charge in [0.05, 0.1) is 13.2 Å². The number of carbonyl (C=O) groups excluding carboxylic acids is 2. The van der Waals surface area contributed by atoms with Gasteiger partial charge in [-0.15, -0.1) is 0 Å². The van der Waals surface area contributed by atoms with Gasteiger partial charge in [-0.3, -0.25) is 18.6 Å². The molecular formula is C37H70NO8P. The lowest BCUT2D eigenvalue weighted by Crippen LogP contribution is -2.27. The first-order valence-electron chi connectivity index (χ1n) is 18.8. The molecule has 10 heteroatoms. The Labute approximate surface area is 287 Å². The number of aliphatic hydroxyl groups is 1. The van der Waals surface area contributed by atoms with Gasteiger partial charge in [-0.05, 0) is 38.5 Å². The van der Waals surface area contributed by atoms with Crippen LogP contribution in [0.4, 0.5) is 0 Å². The zero-order chi connectivity index (χ0) is 34.7. The number of hydrogen-bond acceptors (Lipinski definition) is 7. The minimum Gasteiger partial charge on any atom is -0.463 e. The molecule has 0 radical (unpaired) electrons. The third-order valence-electron chi connectivity index (χ3n) is 7.87. The average Bonchev–Trinajstić information content (AvgIpc) is 3.05. The third-order valence-corrected chi connectivity index (χ3v) is 8.85. The zero-order valence-corrected chi connectivity index (χ0v) is 30.9. The molecule has 2 atom stereocenters. The molecule has 3 N–H and O–H groups in total. The van der Waals surface area contributed by atoms with Crippen LogP contribution in [-0.2, 0) is 27.9 Å². The van der Waals surface area contributed by atoms with E-state index in [1.165, 1.54) is 70.6 Å². The molecule has 9 nitrogen and oxygen atoms in total. The number of carbonyl (C=O) groups is 2. The highest BCUT2D eigenvalue weighted by Gasteiger charge is 2.23. The number of hydrogen-bond donors (Lipinski definition) is 3. The van der Waals surface area contributed by atoms with Gasteiger partial charge in [0.2, 0.25) is 5.91 Å². The van der Waals surface area contributed by atoms with Crippen molar-refractivity contribution in [2.24, 2.45) is 0 Å². The second-order valence-electron chi connectivity index (χ2n) is 12.6. The second-order valence-corrected chi connectivity index (χ2v) is 14.0. The number of nitrogens with one attached hydrogen (secondary N) is 1. The van der Waals surface area contributed by atoms with Gasteiger partial charge in [-0.2, -0.15) is 0 Å². The fourth-order valence-corrected chi connectivity index (χ4v) is 5.76. The molecule has 0 aromatic carbocycles. The Morgan fingerprint density at radius 1 is 0.660 bits per heavy atom. The molecule has 0 fully saturated rings. The number of phosphoric acid groups is 1. The monoisotopic (exact) mass is 687 g/mol. The Balaban J connectivity index is 3.64. The Kier molecular flexibility index (Phi) is 33.3. The Morgan fingerprint density at radius 2 is 1.19 bits per heavy atom. The van der Waals surface area contributed by atoms with E-state index < -0.39 is 26.5 Å². The highest BCUT2D eigenvalue weighted by Crippen LogP contribution is 2.42. The van der Waals surface area contributed by atoms with Gasteiger partial charge in [-0.1, -0.05) is 141 Å². The van der Waals surface area contributed by atoms with E-state index in [2.05, 4.69) is 43.5 Å². The zero-order valence-electron chi connectivity index (χ0n) is 30.0. The van der Waals surface area contributed by atoms with Gasteiger partial charge >= 0.3 is 13.8 Å². The fourth-order valence-electron chi connectivity index (χ4n) is 5.01. The lowest BCUT2D eigenvalue weighted by molar-refractivity contribution is -0.147.